The van der Waals surface area contributed by atoms with Crippen molar-refractivity contribution >= 4 is 17.5 Å². The van der Waals surface area contributed by atoms with Crippen LogP contribution in [0.3, 0.4) is 0 Å². The van der Waals surface area contributed by atoms with E-state index in [-0.39, 0.29) is 24.0 Å². The summed E-state index contributed by atoms with van der Waals surface area (Å²) in [5.74, 6) is -0.302. The van der Waals surface area contributed by atoms with Crippen LogP contribution in [0.15, 0.2) is 17.5 Å². The molecule has 8 heteroatoms. The van der Waals surface area contributed by atoms with Crippen molar-refractivity contribution in [3.8, 4) is 0 Å². The number of carbonyl (C=O) groups is 2. The number of nitrogens with zero attached hydrogens (tertiary/aromatic N) is 4. The summed E-state index contributed by atoms with van der Waals surface area (Å²) in [6, 6.07) is -0.109. The molecule has 1 fully saturated rings. The van der Waals surface area contributed by atoms with Crippen molar-refractivity contribution in [2.24, 2.45) is 5.10 Å². The fourth-order valence-corrected chi connectivity index (χ4v) is 2.85. The van der Waals surface area contributed by atoms with E-state index in [0.29, 0.717) is 25.2 Å². The second-order valence-corrected chi connectivity index (χ2v) is 5.75. The number of amides is 2. The monoisotopic (exact) mass is 319 g/mol. The van der Waals surface area contributed by atoms with E-state index in [1.54, 1.807) is 13.2 Å². The molecule has 0 aliphatic carbocycles. The third kappa shape index (κ3) is 3.26. The van der Waals surface area contributed by atoms with Crippen LogP contribution in [-0.2, 0) is 20.9 Å². The highest BCUT2D eigenvalue weighted by molar-refractivity contribution is 6.39. The molecule has 3 heterocycles. The minimum atomic E-state index is -0.229. The first-order valence-electron chi connectivity index (χ1n) is 7.87. The van der Waals surface area contributed by atoms with Gasteiger partial charge in [0.15, 0.2) is 0 Å². The van der Waals surface area contributed by atoms with E-state index in [1.165, 1.54) is 5.01 Å². The van der Waals surface area contributed by atoms with Crippen LogP contribution in [0.1, 0.15) is 37.9 Å². The van der Waals surface area contributed by atoms with Gasteiger partial charge in [-0.2, -0.15) is 10.2 Å². The van der Waals surface area contributed by atoms with Crippen LogP contribution in [0.25, 0.3) is 0 Å². The van der Waals surface area contributed by atoms with Crippen molar-refractivity contribution in [1.29, 1.82) is 0 Å². The Balaban J connectivity index is 1.68. The molecule has 1 N–H and O–H groups in total. The Morgan fingerprint density at radius 3 is 3.00 bits per heavy atom. The molecule has 0 unspecified atom stereocenters. The molecule has 8 nitrogen and oxygen atoms in total. The number of aromatic nitrogens is 2. The number of hydrazone groups is 1. The quantitative estimate of drug-likeness (QED) is 0.873. The third-order valence-electron chi connectivity index (χ3n) is 4.18. The molecule has 2 aliphatic heterocycles. The minimum absolute atomic E-state index is 0.0735. The van der Waals surface area contributed by atoms with Crippen LogP contribution in [0, 0.1) is 0 Å². The smallest absolute Gasteiger partial charge is 0.267 e. The fourth-order valence-electron chi connectivity index (χ4n) is 2.85. The topological polar surface area (TPSA) is 88.8 Å². The van der Waals surface area contributed by atoms with Gasteiger partial charge in [0.2, 0.25) is 5.91 Å². The number of ether oxygens (including phenoxy) is 1. The second kappa shape index (κ2) is 6.49. The van der Waals surface area contributed by atoms with Crippen molar-refractivity contribution in [3.63, 3.8) is 0 Å². The zero-order valence-electron chi connectivity index (χ0n) is 13.4. The first-order chi connectivity index (χ1) is 11.1. The van der Waals surface area contributed by atoms with Gasteiger partial charge in [0.1, 0.15) is 11.8 Å². The number of rotatable bonds is 4. The first kappa shape index (κ1) is 15.7. The van der Waals surface area contributed by atoms with Gasteiger partial charge in [-0.15, -0.1) is 0 Å². The predicted octanol–water partition coefficient (Wildman–Crippen LogP) is 0.457. The molecular weight excluding hydrogens is 298 g/mol. The van der Waals surface area contributed by atoms with Gasteiger partial charge in [-0.3, -0.25) is 14.3 Å². The van der Waals surface area contributed by atoms with Crippen LogP contribution in [0.2, 0.25) is 0 Å². The molecule has 1 aromatic heterocycles. The lowest BCUT2D eigenvalue weighted by Gasteiger charge is -2.22. The van der Waals surface area contributed by atoms with Crippen LogP contribution >= 0.6 is 0 Å². The Labute approximate surface area is 134 Å². The molecule has 2 aliphatic rings. The van der Waals surface area contributed by atoms with Crippen molar-refractivity contribution in [3.05, 3.63) is 18.0 Å². The predicted molar refractivity (Wildman–Crippen MR) is 82.6 cm³/mol. The summed E-state index contributed by atoms with van der Waals surface area (Å²) < 4.78 is 7.60. The maximum absolute atomic E-state index is 12.4. The summed E-state index contributed by atoms with van der Waals surface area (Å²) in [5.41, 5.74) is 1.36. The minimum Gasteiger partial charge on any atom is -0.371 e. The Morgan fingerprint density at radius 2 is 2.30 bits per heavy atom. The molecule has 3 rings (SSSR count). The number of carbonyl (C=O) groups excluding carboxylic acids is 2. The van der Waals surface area contributed by atoms with E-state index < -0.39 is 0 Å². The highest BCUT2D eigenvalue weighted by atomic mass is 16.5. The van der Waals surface area contributed by atoms with Crippen LogP contribution in [-0.4, -0.2) is 52.0 Å². The van der Waals surface area contributed by atoms with Crippen molar-refractivity contribution in [2.75, 3.05) is 13.7 Å². The second-order valence-electron chi connectivity index (χ2n) is 5.75. The zero-order valence-corrected chi connectivity index (χ0v) is 13.4. The number of nitrogens with one attached hydrogen (secondary N) is 1. The molecule has 1 saturated heterocycles. The Kier molecular flexibility index (Phi) is 4.42. The van der Waals surface area contributed by atoms with Gasteiger partial charge in [0.05, 0.1) is 12.2 Å². The normalized spacial score (nSPS) is 24.7. The van der Waals surface area contributed by atoms with Gasteiger partial charge in [-0.1, -0.05) is 0 Å². The van der Waals surface area contributed by atoms with E-state index in [2.05, 4.69) is 15.5 Å². The van der Waals surface area contributed by atoms with Crippen molar-refractivity contribution < 1.29 is 14.3 Å². The average molecular weight is 319 g/mol. The lowest BCUT2D eigenvalue weighted by molar-refractivity contribution is -0.130. The summed E-state index contributed by atoms with van der Waals surface area (Å²) in [6.07, 6.45) is 4.97. The first-order valence-corrected chi connectivity index (χ1v) is 7.87. The molecule has 0 spiro atoms. The van der Waals surface area contributed by atoms with E-state index in [4.69, 9.17) is 4.74 Å². The van der Waals surface area contributed by atoms with Crippen molar-refractivity contribution in [2.45, 2.75) is 44.9 Å². The van der Waals surface area contributed by atoms with E-state index in [1.807, 2.05) is 17.8 Å². The summed E-state index contributed by atoms with van der Waals surface area (Å²) in [7, 11) is 1.56. The van der Waals surface area contributed by atoms with Crippen LogP contribution in [0.5, 0.6) is 0 Å². The van der Waals surface area contributed by atoms with Crippen molar-refractivity contribution in [1.82, 2.24) is 20.1 Å². The molecule has 0 aromatic carbocycles. The van der Waals surface area contributed by atoms with E-state index in [0.717, 1.165) is 18.5 Å². The molecule has 124 valence electrons. The van der Waals surface area contributed by atoms with Gasteiger partial charge in [0, 0.05) is 44.8 Å². The highest BCUT2D eigenvalue weighted by Gasteiger charge is 2.33. The molecule has 0 radical (unpaired) electrons. The molecule has 2 amide bonds. The third-order valence-corrected chi connectivity index (χ3v) is 4.18. The average Bonchev–Trinajstić information content (AvgIpc) is 3.18. The Bertz CT molecular complexity index is 639. The van der Waals surface area contributed by atoms with Gasteiger partial charge < -0.3 is 10.1 Å². The van der Waals surface area contributed by atoms with Gasteiger partial charge >= 0.3 is 0 Å². The summed E-state index contributed by atoms with van der Waals surface area (Å²) in [6.45, 7) is 3.41. The maximum atomic E-state index is 12.4. The zero-order chi connectivity index (χ0) is 16.4. The lowest BCUT2D eigenvalue weighted by Crippen LogP contribution is -2.43. The fraction of sp³-hybridized carbons (Fsp3) is 0.600. The highest BCUT2D eigenvalue weighted by Crippen LogP contribution is 2.29. The molecule has 0 saturated carbocycles. The summed E-state index contributed by atoms with van der Waals surface area (Å²) in [5, 5.41) is 12.5. The molecular formula is C15H21N5O3. The van der Waals surface area contributed by atoms with Gasteiger partial charge in [0.25, 0.3) is 5.91 Å². The summed E-state index contributed by atoms with van der Waals surface area (Å²) in [4.78, 5) is 23.8. The Morgan fingerprint density at radius 1 is 1.48 bits per heavy atom. The number of hydrogen-bond acceptors (Lipinski definition) is 5. The van der Waals surface area contributed by atoms with Gasteiger partial charge in [-0.05, 0) is 13.3 Å². The molecule has 1 aromatic rings. The van der Waals surface area contributed by atoms with Crippen LogP contribution < -0.4 is 5.32 Å². The molecule has 23 heavy (non-hydrogen) atoms. The maximum Gasteiger partial charge on any atom is 0.267 e. The Hall–Kier alpha value is -2.22. The van der Waals surface area contributed by atoms with E-state index >= 15 is 0 Å². The SMILES string of the molecule is CCn1cc([C@H]2OCC[C@@H]2NC(=O)C2=NN(C)C(=O)CC2)cn1. The van der Waals surface area contributed by atoms with E-state index in [9.17, 15) is 9.59 Å². The lowest BCUT2D eigenvalue weighted by atomic mass is 10.0. The number of hydrogen-bond donors (Lipinski definition) is 1. The summed E-state index contributed by atoms with van der Waals surface area (Å²) >= 11 is 0. The van der Waals surface area contributed by atoms with Crippen LogP contribution in [0.4, 0.5) is 0 Å². The largest absolute Gasteiger partial charge is 0.371 e. The number of aryl methyl sites for hydroxylation is 1. The standard InChI is InChI=1S/C15H21N5O3/c1-3-20-9-10(8-16-20)14-11(6-7-23-14)17-15(22)12-4-5-13(21)19(2)18-12/h8-9,11,14H,3-7H2,1-2H3,(H,17,22)/t11-,14+/m0/s1. The molecule has 2 atom stereocenters. The molecule has 0 bridgehead atoms. The van der Waals surface area contributed by atoms with Gasteiger partial charge in [-0.25, -0.2) is 5.01 Å².